The summed E-state index contributed by atoms with van der Waals surface area (Å²) < 4.78 is 0. The van der Waals surface area contributed by atoms with E-state index < -0.39 is 0 Å². The molecule has 0 N–H and O–H groups in total. The molecule has 1 heterocycles. The highest BCUT2D eigenvalue weighted by Crippen LogP contribution is 2.04. The van der Waals surface area contributed by atoms with Gasteiger partial charge in [0.15, 0.2) is 0 Å². The van der Waals surface area contributed by atoms with Crippen LogP contribution >= 0.6 is 0 Å². The van der Waals surface area contributed by atoms with Crippen molar-refractivity contribution < 1.29 is 9.59 Å². The minimum Gasteiger partial charge on any atom is -0.301 e. The molecule has 1 rings (SSSR count). The molecular weight excluding hydrogens is 106 g/mol. The summed E-state index contributed by atoms with van der Waals surface area (Å²) in [7, 11) is 0. The molecule has 0 aromatic rings. The summed E-state index contributed by atoms with van der Waals surface area (Å²) in [5, 5.41) is 3.50. The molecule has 8 heavy (non-hydrogen) atoms. The summed E-state index contributed by atoms with van der Waals surface area (Å²) in [5.41, 5.74) is 0. The van der Waals surface area contributed by atoms with Crippen molar-refractivity contribution >= 4 is 12.2 Å². The van der Waals surface area contributed by atoms with Gasteiger partial charge in [-0.3, -0.25) is 4.79 Å². The molecule has 0 aromatic heterocycles. The van der Waals surface area contributed by atoms with E-state index in [2.05, 4.69) is 5.32 Å². The lowest BCUT2D eigenvalue weighted by Gasteiger charge is -1.90. The molecule has 0 spiro atoms. The first-order chi connectivity index (χ1) is 3.83. The molecule has 1 aliphatic heterocycles. The first-order valence-corrected chi connectivity index (χ1v) is 2.52. The Balaban J connectivity index is 2.43. The zero-order valence-electron chi connectivity index (χ0n) is 4.33. The average Bonchev–Trinajstić information content (AvgIpc) is 2.14. The van der Waals surface area contributed by atoms with E-state index in [4.69, 9.17) is 0 Å². The van der Waals surface area contributed by atoms with Crippen molar-refractivity contribution in [3.63, 3.8) is 0 Å². The van der Waals surface area contributed by atoms with Crippen LogP contribution in [0.5, 0.6) is 0 Å². The molecule has 1 saturated heterocycles. The molecule has 1 atom stereocenters. The largest absolute Gasteiger partial charge is 0.301 e. The third-order valence-corrected chi connectivity index (χ3v) is 1.12. The summed E-state index contributed by atoms with van der Waals surface area (Å²) in [6, 6.07) is -0.331. The number of aldehydes is 1. The number of carbonyl (C=O) groups is 2. The van der Waals surface area contributed by atoms with Crippen molar-refractivity contribution in [3.8, 4) is 0 Å². The van der Waals surface area contributed by atoms with E-state index in [-0.39, 0.29) is 11.9 Å². The van der Waals surface area contributed by atoms with Crippen molar-refractivity contribution in [2.75, 3.05) is 0 Å². The van der Waals surface area contributed by atoms with Gasteiger partial charge in [-0.15, -0.1) is 0 Å². The van der Waals surface area contributed by atoms with Crippen LogP contribution < -0.4 is 5.32 Å². The van der Waals surface area contributed by atoms with Crippen molar-refractivity contribution in [2.45, 2.75) is 18.9 Å². The van der Waals surface area contributed by atoms with Gasteiger partial charge in [-0.05, 0) is 6.42 Å². The second kappa shape index (κ2) is 1.94. The molecule has 0 bridgehead atoms. The maximum absolute atomic E-state index is 10.3. The van der Waals surface area contributed by atoms with Gasteiger partial charge in [0.25, 0.3) is 0 Å². The number of hydrogen-bond donors (Lipinski definition) is 0. The Kier molecular flexibility index (Phi) is 1.28. The topological polar surface area (TPSA) is 48.2 Å². The predicted octanol–water partition coefficient (Wildman–Crippen LogP) is -0.521. The minimum absolute atomic E-state index is 0.137. The molecule has 1 aliphatic rings. The van der Waals surface area contributed by atoms with E-state index in [9.17, 15) is 9.59 Å². The summed E-state index contributed by atoms with van der Waals surface area (Å²) in [5.74, 6) is -0.137. The molecule has 0 saturated carbocycles. The Morgan fingerprint density at radius 3 is 2.75 bits per heavy atom. The Morgan fingerprint density at radius 1 is 1.75 bits per heavy atom. The van der Waals surface area contributed by atoms with Gasteiger partial charge in [0.1, 0.15) is 12.3 Å². The smallest absolute Gasteiger partial charge is 0.241 e. The van der Waals surface area contributed by atoms with Crippen molar-refractivity contribution in [1.29, 1.82) is 0 Å². The summed E-state index contributed by atoms with van der Waals surface area (Å²) >= 11 is 0. The minimum atomic E-state index is -0.331. The van der Waals surface area contributed by atoms with Crippen LogP contribution in [-0.4, -0.2) is 18.2 Å². The highest BCUT2D eigenvalue weighted by atomic mass is 16.2. The first kappa shape index (κ1) is 5.28. The average molecular weight is 112 g/mol. The van der Waals surface area contributed by atoms with Crippen molar-refractivity contribution in [1.82, 2.24) is 5.32 Å². The third kappa shape index (κ3) is 0.857. The molecule has 43 valence electrons. The molecule has 1 fully saturated rings. The van der Waals surface area contributed by atoms with Gasteiger partial charge in [-0.2, -0.15) is 0 Å². The van der Waals surface area contributed by atoms with Crippen LogP contribution in [0.1, 0.15) is 12.8 Å². The zero-order valence-corrected chi connectivity index (χ0v) is 4.33. The highest BCUT2D eigenvalue weighted by Gasteiger charge is 2.21. The van der Waals surface area contributed by atoms with Gasteiger partial charge < -0.3 is 4.79 Å². The van der Waals surface area contributed by atoms with Gasteiger partial charge in [0.05, 0.1) is 0 Å². The molecule has 1 amide bonds. The zero-order chi connectivity index (χ0) is 5.98. The van der Waals surface area contributed by atoms with Crippen molar-refractivity contribution in [2.24, 2.45) is 0 Å². The summed E-state index contributed by atoms with van der Waals surface area (Å²) in [4.78, 5) is 20.2. The second-order valence-corrected chi connectivity index (χ2v) is 1.76. The quantitative estimate of drug-likeness (QED) is 0.428. The maximum Gasteiger partial charge on any atom is 0.241 e. The Labute approximate surface area is 47.1 Å². The van der Waals surface area contributed by atoms with Gasteiger partial charge in [0.2, 0.25) is 5.91 Å². The molecule has 1 radical (unpaired) electrons. The standard InChI is InChI=1S/C5H6NO2/c7-3-4-1-2-5(8)6-4/h3-4H,1-2H2/t4-/m0/s1. The number of nitrogens with zero attached hydrogens (tertiary/aromatic N) is 1. The predicted molar refractivity (Wildman–Crippen MR) is 26.2 cm³/mol. The van der Waals surface area contributed by atoms with Crippen LogP contribution in [-0.2, 0) is 9.59 Å². The van der Waals surface area contributed by atoms with E-state index in [1.165, 1.54) is 0 Å². The van der Waals surface area contributed by atoms with Crippen molar-refractivity contribution in [3.05, 3.63) is 0 Å². The van der Waals surface area contributed by atoms with E-state index in [1.807, 2.05) is 0 Å². The maximum atomic E-state index is 10.3. The fourth-order valence-corrected chi connectivity index (χ4v) is 0.684. The third-order valence-electron chi connectivity index (χ3n) is 1.12. The monoisotopic (exact) mass is 112 g/mol. The van der Waals surface area contributed by atoms with Gasteiger partial charge >= 0.3 is 0 Å². The summed E-state index contributed by atoms with van der Waals surface area (Å²) in [6.07, 6.45) is 1.77. The van der Waals surface area contributed by atoms with E-state index in [0.717, 1.165) is 0 Å². The molecule has 3 nitrogen and oxygen atoms in total. The molecule has 3 heteroatoms. The number of hydrogen-bond acceptors (Lipinski definition) is 2. The van der Waals surface area contributed by atoms with Crippen LogP contribution in [0.2, 0.25) is 0 Å². The Bertz CT molecular complexity index is 122. The van der Waals surface area contributed by atoms with Gasteiger partial charge in [-0.25, -0.2) is 5.32 Å². The van der Waals surface area contributed by atoms with E-state index >= 15 is 0 Å². The molecule has 0 unspecified atom stereocenters. The number of amides is 1. The number of carbonyl (C=O) groups excluding carboxylic acids is 2. The number of rotatable bonds is 1. The Hall–Kier alpha value is -0.860. The van der Waals surface area contributed by atoms with Crippen LogP contribution in [0.3, 0.4) is 0 Å². The van der Waals surface area contributed by atoms with E-state index in [1.54, 1.807) is 0 Å². The van der Waals surface area contributed by atoms with E-state index in [0.29, 0.717) is 19.1 Å². The fourth-order valence-electron chi connectivity index (χ4n) is 0.684. The van der Waals surface area contributed by atoms with Crippen LogP contribution in [0.25, 0.3) is 0 Å². The highest BCUT2D eigenvalue weighted by molar-refractivity contribution is 5.82. The molecule has 0 aliphatic carbocycles. The van der Waals surface area contributed by atoms with Gasteiger partial charge in [-0.1, -0.05) is 0 Å². The van der Waals surface area contributed by atoms with Crippen LogP contribution in [0, 0.1) is 0 Å². The Morgan fingerprint density at radius 2 is 2.50 bits per heavy atom. The van der Waals surface area contributed by atoms with Crippen LogP contribution in [0.15, 0.2) is 0 Å². The SMILES string of the molecule is O=C[C@@H]1CCC(=O)[N]1. The lowest BCUT2D eigenvalue weighted by molar-refractivity contribution is -0.121. The first-order valence-electron chi connectivity index (χ1n) is 2.52. The fraction of sp³-hybridized carbons (Fsp3) is 0.600. The molecular formula is C5H6NO2. The lowest BCUT2D eigenvalue weighted by Crippen LogP contribution is -2.18. The second-order valence-electron chi connectivity index (χ2n) is 1.76. The molecule has 0 aromatic carbocycles. The normalized spacial score (nSPS) is 27.5. The van der Waals surface area contributed by atoms with Crippen LogP contribution in [0.4, 0.5) is 0 Å². The van der Waals surface area contributed by atoms with Gasteiger partial charge in [0, 0.05) is 6.42 Å². The lowest BCUT2D eigenvalue weighted by atomic mass is 10.2. The summed E-state index contributed by atoms with van der Waals surface area (Å²) in [6.45, 7) is 0.